The van der Waals surface area contributed by atoms with E-state index in [1.54, 1.807) is 47.4 Å². The van der Waals surface area contributed by atoms with Crippen LogP contribution in [0, 0.1) is 11.8 Å². The number of aromatic nitrogens is 1. The molecule has 2 aliphatic rings. The van der Waals surface area contributed by atoms with Crippen LogP contribution in [0.2, 0.25) is 0 Å². The second-order valence-electron chi connectivity index (χ2n) is 16.0. The van der Waals surface area contributed by atoms with Gasteiger partial charge >= 0.3 is 5.97 Å². The van der Waals surface area contributed by atoms with Crippen molar-refractivity contribution in [3.63, 3.8) is 0 Å². The largest absolute Gasteiger partial charge is 0.506 e. The molecule has 12 heteroatoms. The summed E-state index contributed by atoms with van der Waals surface area (Å²) in [6.07, 6.45) is 4.34. The summed E-state index contributed by atoms with van der Waals surface area (Å²) >= 11 is 0. The average Bonchev–Trinajstić information content (AvgIpc) is 3.25. The van der Waals surface area contributed by atoms with Crippen LogP contribution in [-0.4, -0.2) is 93.0 Å². The highest BCUT2D eigenvalue weighted by molar-refractivity contribution is 5.87. The van der Waals surface area contributed by atoms with Crippen molar-refractivity contribution in [1.82, 2.24) is 20.1 Å². The number of phenols is 1. The first-order valence-corrected chi connectivity index (χ1v) is 20.6. The lowest BCUT2D eigenvalue weighted by atomic mass is 9.80. The maximum atomic E-state index is 13.2. The lowest BCUT2D eigenvalue weighted by Gasteiger charge is -2.33. The number of carbonyl (C=O) groups excluding carboxylic acids is 1. The van der Waals surface area contributed by atoms with Crippen molar-refractivity contribution in [2.24, 2.45) is 11.8 Å². The molecule has 2 saturated heterocycles. The Morgan fingerprint density at radius 1 is 0.864 bits per heavy atom. The highest BCUT2D eigenvalue weighted by Crippen LogP contribution is 2.36. The third-order valence-corrected chi connectivity index (χ3v) is 12.1. The van der Waals surface area contributed by atoms with Crippen LogP contribution < -0.4 is 15.6 Å². The molecule has 1 amide bonds. The van der Waals surface area contributed by atoms with Gasteiger partial charge in [0.25, 0.3) is 5.91 Å². The number of nitrogens with one attached hydrogen (secondary N) is 2. The summed E-state index contributed by atoms with van der Waals surface area (Å²) in [6, 6.07) is 30.2. The van der Waals surface area contributed by atoms with Crippen LogP contribution in [0.1, 0.15) is 66.0 Å². The molecule has 5 aromatic rings. The molecule has 2 aliphatic heterocycles. The number of fused-ring (bicyclic) bond motifs is 1. The van der Waals surface area contributed by atoms with Gasteiger partial charge in [0.2, 0.25) is 11.2 Å². The number of benzene rings is 4. The molecule has 0 radical (unpaired) electrons. The number of carboxylic acid groups (broad SMARTS) is 1. The fourth-order valence-electron chi connectivity index (χ4n) is 8.67. The van der Waals surface area contributed by atoms with Crippen LogP contribution in [0.15, 0.2) is 108 Å². The number of carbonyl (C=O) groups is 2. The minimum atomic E-state index is -2.32. The van der Waals surface area contributed by atoms with Crippen LogP contribution in [-0.2, 0) is 28.2 Å². The van der Waals surface area contributed by atoms with Crippen LogP contribution >= 0.6 is 0 Å². The summed E-state index contributed by atoms with van der Waals surface area (Å²) in [4.78, 5) is 44.7. The van der Waals surface area contributed by atoms with E-state index >= 15 is 0 Å². The van der Waals surface area contributed by atoms with Crippen molar-refractivity contribution >= 4 is 22.8 Å². The Labute approximate surface area is 344 Å². The Balaban J connectivity index is 0.882. The Morgan fingerprint density at radius 3 is 2.36 bits per heavy atom. The maximum Gasteiger partial charge on any atom is 0.345 e. The number of aliphatic carboxylic acids is 1. The molecule has 1 aromatic heterocycles. The molecule has 310 valence electrons. The average molecular weight is 803 g/mol. The van der Waals surface area contributed by atoms with E-state index in [1.165, 1.54) is 23.8 Å². The second kappa shape index (κ2) is 19.0. The molecule has 6 N–H and O–H groups in total. The van der Waals surface area contributed by atoms with Gasteiger partial charge in [0.15, 0.2) is 6.61 Å². The van der Waals surface area contributed by atoms with Gasteiger partial charge in [0.05, 0.1) is 11.6 Å². The Kier molecular flexibility index (Phi) is 13.4. The fourth-order valence-corrected chi connectivity index (χ4v) is 8.67. The van der Waals surface area contributed by atoms with Gasteiger partial charge < -0.3 is 40.4 Å². The zero-order valence-electron chi connectivity index (χ0n) is 33.3. The molecule has 0 spiro atoms. The van der Waals surface area contributed by atoms with E-state index < -0.39 is 17.7 Å². The number of carboxylic acids is 1. The number of hydrogen-bond donors (Lipinski definition) is 6. The van der Waals surface area contributed by atoms with Crippen LogP contribution in [0.25, 0.3) is 10.9 Å². The lowest BCUT2D eigenvalue weighted by molar-refractivity contribution is -0.155. The molecule has 59 heavy (non-hydrogen) atoms. The molecule has 7 rings (SSSR count). The van der Waals surface area contributed by atoms with Crippen LogP contribution in [0.4, 0.5) is 0 Å². The quantitative estimate of drug-likeness (QED) is 0.0715. The number of aliphatic hydroxyl groups excluding tert-OH is 1. The van der Waals surface area contributed by atoms with E-state index in [4.69, 9.17) is 4.74 Å². The predicted octanol–water partition coefficient (Wildman–Crippen LogP) is 5.34. The van der Waals surface area contributed by atoms with E-state index in [1.807, 2.05) is 18.2 Å². The molecular weight excluding hydrogens is 749 g/mol. The van der Waals surface area contributed by atoms with Crippen molar-refractivity contribution in [2.75, 3.05) is 45.9 Å². The Bertz CT molecular complexity index is 2270. The van der Waals surface area contributed by atoms with Gasteiger partial charge in [-0.05, 0) is 111 Å². The van der Waals surface area contributed by atoms with Gasteiger partial charge in [0, 0.05) is 48.8 Å². The minimum Gasteiger partial charge on any atom is -0.506 e. The van der Waals surface area contributed by atoms with Crippen LogP contribution in [0.5, 0.6) is 11.5 Å². The molecule has 0 unspecified atom stereocenters. The number of ether oxygens (including phenoxy) is 1. The second-order valence-corrected chi connectivity index (χ2v) is 16.0. The van der Waals surface area contributed by atoms with Crippen molar-refractivity contribution in [3.8, 4) is 11.5 Å². The van der Waals surface area contributed by atoms with Crippen molar-refractivity contribution in [3.05, 3.63) is 141 Å². The number of aliphatic hydroxyl groups is 2. The van der Waals surface area contributed by atoms with E-state index in [2.05, 4.69) is 39.5 Å². The normalized spacial score (nSPS) is 17.1. The maximum absolute atomic E-state index is 13.2. The molecule has 2 fully saturated rings. The number of H-pyrrole nitrogens is 1. The first kappa shape index (κ1) is 41.6. The van der Waals surface area contributed by atoms with E-state index in [9.17, 15) is 34.8 Å². The molecule has 0 aliphatic carbocycles. The third-order valence-electron chi connectivity index (χ3n) is 12.1. The zero-order valence-corrected chi connectivity index (χ0v) is 33.3. The van der Waals surface area contributed by atoms with Crippen molar-refractivity contribution in [2.45, 2.75) is 56.8 Å². The molecule has 12 nitrogen and oxygen atoms in total. The summed E-state index contributed by atoms with van der Waals surface area (Å²) in [6.45, 7) is 4.79. The molecule has 0 saturated carbocycles. The van der Waals surface area contributed by atoms with Crippen molar-refractivity contribution in [1.29, 1.82) is 0 Å². The topological polar surface area (TPSA) is 176 Å². The standard InChI is InChI=1S/C47H54N4O8/c52-41-15-13-38(39-14-16-43(54)49-45(39)41)42(53)29-48-22-17-32-20-25-51(26-21-32)44(55)31-59-37-11-6-10-36(28-37)47(58,46(56)57)40-12-5-4-9-35(40)27-33-18-23-50(24-19-33)30-34-7-2-1-3-8-34/h1-16,28,32-33,42,48,52-53,58H,17-27,29-31H2,(H,49,54)(H,56,57)/t42-,47-/m0/s1. The SMILES string of the molecule is O=C(COc1cccc([C@@](O)(C(=O)O)c2ccccc2CC2CCN(Cc3ccccc3)CC2)c1)N1CCC(CCNC[C@H](O)c2ccc(O)c3[nH]c(=O)ccc23)CC1. The number of rotatable bonds is 16. The number of amides is 1. The van der Waals surface area contributed by atoms with Gasteiger partial charge in [0.1, 0.15) is 11.5 Å². The number of pyridine rings is 1. The smallest absolute Gasteiger partial charge is 0.345 e. The van der Waals surface area contributed by atoms with Gasteiger partial charge in [-0.25, -0.2) is 4.79 Å². The predicted molar refractivity (Wildman–Crippen MR) is 225 cm³/mol. The number of aromatic hydroxyl groups is 1. The van der Waals surface area contributed by atoms with E-state index in [0.29, 0.717) is 72.2 Å². The third kappa shape index (κ3) is 10.0. The molecule has 2 atom stereocenters. The molecular formula is C47H54N4O8. The summed E-state index contributed by atoms with van der Waals surface area (Å²) in [5.41, 5.74) is 0.865. The van der Waals surface area contributed by atoms with Crippen LogP contribution in [0.3, 0.4) is 0 Å². The number of hydrogen-bond acceptors (Lipinski definition) is 9. The summed E-state index contributed by atoms with van der Waals surface area (Å²) in [5, 5.41) is 47.5. The Morgan fingerprint density at radius 2 is 1.59 bits per heavy atom. The molecule has 4 aromatic carbocycles. The summed E-state index contributed by atoms with van der Waals surface area (Å²) in [7, 11) is 0. The molecule has 0 bridgehead atoms. The highest BCUT2D eigenvalue weighted by atomic mass is 16.5. The fraction of sp³-hybridized carbons (Fsp3) is 0.383. The number of likely N-dealkylation sites (tertiary alicyclic amines) is 2. The van der Waals surface area contributed by atoms with Crippen molar-refractivity contribution < 1.29 is 34.8 Å². The van der Waals surface area contributed by atoms with Gasteiger partial charge in [-0.1, -0.05) is 72.8 Å². The zero-order chi connectivity index (χ0) is 41.4. The van der Waals surface area contributed by atoms with E-state index in [0.717, 1.165) is 57.3 Å². The first-order chi connectivity index (χ1) is 28.6. The number of phenolic OH excluding ortho intramolecular Hbond substituents is 1. The number of nitrogens with zero attached hydrogens (tertiary/aromatic N) is 2. The van der Waals surface area contributed by atoms with Gasteiger partial charge in [-0.3, -0.25) is 14.5 Å². The highest BCUT2D eigenvalue weighted by Gasteiger charge is 2.42. The Hall–Kier alpha value is -5.53. The minimum absolute atomic E-state index is 0.0508. The molecule has 3 heterocycles. The first-order valence-electron chi connectivity index (χ1n) is 20.6. The lowest BCUT2D eigenvalue weighted by Crippen LogP contribution is -2.41. The van der Waals surface area contributed by atoms with Gasteiger partial charge in [-0.15, -0.1) is 0 Å². The summed E-state index contributed by atoms with van der Waals surface area (Å²) in [5.74, 6) is -0.524. The number of aromatic amines is 1. The monoisotopic (exact) mass is 802 g/mol. The van der Waals surface area contributed by atoms with E-state index in [-0.39, 0.29) is 29.4 Å². The van der Waals surface area contributed by atoms with Gasteiger partial charge in [-0.2, -0.15) is 0 Å². The number of piperidine rings is 2. The summed E-state index contributed by atoms with van der Waals surface area (Å²) < 4.78 is 5.92.